The number of alkyl halides is 3. The molecule has 5 heterocycles. The summed E-state index contributed by atoms with van der Waals surface area (Å²) in [7, 11) is 1.71. The molecule has 0 unspecified atom stereocenters. The van der Waals surface area contributed by atoms with Crippen molar-refractivity contribution in [3.05, 3.63) is 93.3 Å². The first-order chi connectivity index (χ1) is 27.9. The predicted octanol–water partition coefficient (Wildman–Crippen LogP) is 6.46. The minimum Gasteiger partial charge on any atom is -0.372 e. The number of H-pyrrole nitrogens is 1. The van der Waals surface area contributed by atoms with Crippen molar-refractivity contribution in [2.75, 3.05) is 55.6 Å². The van der Waals surface area contributed by atoms with Crippen LogP contribution in [0.5, 0.6) is 0 Å². The molecule has 1 aliphatic carbocycles. The second kappa shape index (κ2) is 15.1. The number of aromatic nitrogens is 4. The van der Waals surface area contributed by atoms with Crippen molar-refractivity contribution in [2.24, 2.45) is 13.0 Å². The van der Waals surface area contributed by atoms with Crippen LogP contribution >= 0.6 is 0 Å². The highest BCUT2D eigenvalue weighted by Crippen LogP contribution is 2.42. The third-order valence-corrected chi connectivity index (χ3v) is 12.7. The van der Waals surface area contributed by atoms with Crippen LogP contribution in [0.15, 0.2) is 65.0 Å². The molecule has 4 aliphatic rings. The number of hydrogen-bond acceptors (Lipinski definition) is 7. The largest absolute Gasteiger partial charge is 0.392 e. The Bertz CT molecular complexity index is 2480. The van der Waals surface area contributed by atoms with Crippen LogP contribution < -0.4 is 20.8 Å². The van der Waals surface area contributed by atoms with Gasteiger partial charge in [-0.1, -0.05) is 23.8 Å². The zero-order chi connectivity index (χ0) is 40.3. The second-order valence-corrected chi connectivity index (χ2v) is 16.3. The summed E-state index contributed by atoms with van der Waals surface area (Å²) in [6.45, 7) is 6.35. The van der Waals surface area contributed by atoms with E-state index in [0.29, 0.717) is 69.4 Å². The molecule has 15 heteroatoms. The van der Waals surface area contributed by atoms with E-state index in [1.165, 1.54) is 4.57 Å². The highest BCUT2D eigenvalue weighted by Gasteiger charge is 2.34. The maximum atomic E-state index is 14.8. The Hall–Kier alpha value is -5.44. The molecule has 3 fully saturated rings. The Morgan fingerprint density at radius 2 is 1.53 bits per heavy atom. The van der Waals surface area contributed by atoms with Gasteiger partial charge in [0, 0.05) is 70.7 Å². The highest BCUT2D eigenvalue weighted by atomic mass is 19.4. The normalized spacial score (nSPS) is 20.3. The fourth-order valence-electron chi connectivity index (χ4n) is 9.75. The summed E-state index contributed by atoms with van der Waals surface area (Å²) in [6, 6.07) is 16.6. The first kappa shape index (κ1) is 38.1. The lowest BCUT2D eigenvalue weighted by Gasteiger charge is -2.40. The Balaban J connectivity index is 0.828. The molecule has 11 nitrogen and oxygen atoms in total. The molecular formula is C43H46F4N8O3. The lowest BCUT2D eigenvalue weighted by Crippen LogP contribution is -2.49. The molecule has 2 amide bonds. The molecule has 9 rings (SSSR count). The Kier molecular flexibility index (Phi) is 9.89. The number of carbonyl (C=O) groups excluding carboxylic acids is 2. The average Bonchev–Trinajstić information content (AvgIpc) is 3.63. The molecule has 0 saturated carbocycles. The lowest BCUT2D eigenvalue weighted by atomic mass is 9.88. The standard InChI is InChI=1S/C43H46F4N8O3/c1-51-36-23-30(9-12-34(36)55(42(51)58)35-13-14-37(56)48-41(35)57)54-21-19-52(20-22-54)25-26-15-17-53(18-16-26)29-7-5-27(6-8-29)38-28(24-43(45,46)47)3-2-4-31-32(38)10-11-33-39(31)40(44)50-49-33/h5-12,23,26,35H,2-4,13-22,24-25H2,1H3,(H,49,50)(H,48,56,57)/t35-/m1/s1. The molecule has 3 aliphatic heterocycles. The molecule has 2 aromatic heterocycles. The van der Waals surface area contributed by atoms with E-state index in [9.17, 15) is 31.9 Å². The van der Waals surface area contributed by atoms with E-state index in [2.05, 4.69) is 30.2 Å². The van der Waals surface area contributed by atoms with E-state index in [0.717, 1.165) is 75.5 Å². The van der Waals surface area contributed by atoms with E-state index in [1.54, 1.807) is 23.7 Å². The van der Waals surface area contributed by atoms with Crippen molar-refractivity contribution in [3.63, 3.8) is 0 Å². The maximum Gasteiger partial charge on any atom is 0.392 e. The Labute approximate surface area is 332 Å². The van der Waals surface area contributed by atoms with E-state index in [-0.39, 0.29) is 24.4 Å². The van der Waals surface area contributed by atoms with Crippen molar-refractivity contribution in [1.29, 1.82) is 0 Å². The van der Waals surface area contributed by atoms with Crippen LogP contribution in [0.25, 0.3) is 27.5 Å². The minimum absolute atomic E-state index is 0.200. The molecule has 0 bridgehead atoms. The van der Waals surface area contributed by atoms with E-state index >= 15 is 0 Å². The molecule has 58 heavy (non-hydrogen) atoms. The average molecular weight is 799 g/mol. The van der Waals surface area contributed by atoms with Gasteiger partial charge in [0.25, 0.3) is 0 Å². The topological polar surface area (TPSA) is 111 Å². The van der Waals surface area contributed by atoms with Gasteiger partial charge < -0.3 is 9.80 Å². The SMILES string of the molecule is Cn1c(=O)n([C@@H]2CCC(=O)NC2=O)c2ccc(N3CCN(CC4CCN(c5ccc(C6=C(CC(F)(F)F)CCCc7c6ccc6[nH]nc(F)c76)cc5)CC4)CC3)cc21. The lowest BCUT2D eigenvalue weighted by molar-refractivity contribution is -0.135. The van der Waals surface area contributed by atoms with Crippen LogP contribution in [0, 0.1) is 11.9 Å². The predicted molar refractivity (Wildman–Crippen MR) is 214 cm³/mol. The number of imide groups is 1. The zero-order valence-electron chi connectivity index (χ0n) is 32.4. The fourth-order valence-corrected chi connectivity index (χ4v) is 9.75. The van der Waals surface area contributed by atoms with Gasteiger partial charge >= 0.3 is 11.9 Å². The molecule has 304 valence electrons. The van der Waals surface area contributed by atoms with Gasteiger partial charge in [-0.2, -0.15) is 17.6 Å². The van der Waals surface area contributed by atoms with Gasteiger partial charge in [-0.05, 0) is 103 Å². The first-order valence-electron chi connectivity index (χ1n) is 20.2. The van der Waals surface area contributed by atoms with Crippen molar-refractivity contribution in [1.82, 2.24) is 29.5 Å². The maximum absolute atomic E-state index is 14.8. The van der Waals surface area contributed by atoms with Gasteiger partial charge in [-0.3, -0.25) is 34.0 Å². The number of piperazine rings is 1. The molecule has 5 aromatic rings. The summed E-state index contributed by atoms with van der Waals surface area (Å²) >= 11 is 0. The number of aryl methyl sites for hydroxylation is 2. The number of nitrogens with one attached hydrogen (secondary N) is 2. The van der Waals surface area contributed by atoms with Crippen LogP contribution in [0.1, 0.15) is 67.7 Å². The molecule has 3 saturated heterocycles. The van der Waals surface area contributed by atoms with Gasteiger partial charge in [-0.15, -0.1) is 5.10 Å². The Morgan fingerprint density at radius 1 is 0.810 bits per heavy atom. The summed E-state index contributed by atoms with van der Waals surface area (Å²) in [6.07, 6.45) is -1.53. The number of nitrogens with zero attached hydrogens (tertiary/aromatic N) is 6. The summed E-state index contributed by atoms with van der Waals surface area (Å²) in [5.41, 5.74) is 6.71. The number of benzene rings is 3. The number of amides is 2. The van der Waals surface area contributed by atoms with Crippen LogP contribution in [-0.4, -0.2) is 88.0 Å². The van der Waals surface area contributed by atoms with E-state index in [4.69, 9.17) is 0 Å². The number of allylic oxidation sites excluding steroid dienone is 1. The number of anilines is 2. The number of imidazole rings is 1. The van der Waals surface area contributed by atoms with Gasteiger partial charge in [-0.25, -0.2) is 4.79 Å². The highest BCUT2D eigenvalue weighted by molar-refractivity contribution is 6.00. The van der Waals surface area contributed by atoms with Gasteiger partial charge in [0.1, 0.15) is 6.04 Å². The van der Waals surface area contributed by atoms with E-state index < -0.39 is 30.5 Å². The summed E-state index contributed by atoms with van der Waals surface area (Å²) in [4.78, 5) is 44.7. The number of carbonyl (C=O) groups is 2. The molecular weight excluding hydrogens is 753 g/mol. The van der Waals surface area contributed by atoms with Crippen molar-refractivity contribution < 1.29 is 27.2 Å². The quantitative estimate of drug-likeness (QED) is 0.144. The van der Waals surface area contributed by atoms with E-state index in [1.807, 2.05) is 42.5 Å². The minimum atomic E-state index is -4.36. The number of hydrogen-bond donors (Lipinski definition) is 2. The smallest absolute Gasteiger partial charge is 0.372 e. The fraction of sp³-hybridized carbons (Fsp3) is 0.442. The van der Waals surface area contributed by atoms with Crippen molar-refractivity contribution in [2.45, 2.75) is 63.6 Å². The van der Waals surface area contributed by atoms with Crippen LogP contribution in [0.3, 0.4) is 0 Å². The van der Waals surface area contributed by atoms with Crippen molar-refractivity contribution >= 4 is 50.7 Å². The van der Waals surface area contributed by atoms with Crippen LogP contribution in [-0.2, 0) is 23.1 Å². The Morgan fingerprint density at radius 3 is 2.26 bits per heavy atom. The summed E-state index contributed by atoms with van der Waals surface area (Å²) < 4.78 is 59.5. The number of rotatable bonds is 7. The number of piperidine rings is 2. The molecule has 0 spiro atoms. The third-order valence-electron chi connectivity index (χ3n) is 12.7. The first-order valence-corrected chi connectivity index (χ1v) is 20.2. The number of halogens is 4. The van der Waals surface area contributed by atoms with Gasteiger partial charge in [0.15, 0.2) is 0 Å². The molecule has 3 aromatic carbocycles. The number of aromatic amines is 1. The zero-order valence-corrected chi connectivity index (χ0v) is 32.4. The number of fused-ring (bicyclic) bond motifs is 4. The van der Waals surface area contributed by atoms with Crippen LogP contribution in [0.2, 0.25) is 0 Å². The molecule has 0 radical (unpaired) electrons. The molecule has 2 N–H and O–H groups in total. The van der Waals surface area contributed by atoms with Crippen molar-refractivity contribution in [3.8, 4) is 0 Å². The van der Waals surface area contributed by atoms with Gasteiger partial charge in [0.2, 0.25) is 17.8 Å². The molecule has 1 atom stereocenters. The van der Waals surface area contributed by atoms with Gasteiger partial charge in [0.05, 0.1) is 28.4 Å². The summed E-state index contributed by atoms with van der Waals surface area (Å²) in [5.74, 6) is -0.831. The summed E-state index contributed by atoms with van der Waals surface area (Å²) in [5, 5.41) is 9.15. The second-order valence-electron chi connectivity index (χ2n) is 16.3. The third kappa shape index (κ3) is 7.18. The monoisotopic (exact) mass is 798 g/mol. The van der Waals surface area contributed by atoms with Crippen LogP contribution in [0.4, 0.5) is 28.9 Å².